The number of benzene rings is 2. The Hall–Kier alpha value is -3.95. The third-order valence-electron chi connectivity index (χ3n) is 6.52. The van der Waals surface area contributed by atoms with Crippen LogP contribution in [0.15, 0.2) is 60.9 Å². The number of ether oxygens (including phenoxy) is 1. The predicted molar refractivity (Wildman–Crippen MR) is 137 cm³/mol. The Kier molecular flexibility index (Phi) is 6.00. The highest BCUT2D eigenvalue weighted by molar-refractivity contribution is 5.80. The van der Waals surface area contributed by atoms with Crippen LogP contribution in [0.1, 0.15) is 11.1 Å². The van der Waals surface area contributed by atoms with E-state index in [-0.39, 0.29) is 0 Å². The van der Waals surface area contributed by atoms with E-state index in [2.05, 4.69) is 69.5 Å². The summed E-state index contributed by atoms with van der Waals surface area (Å²) in [6.45, 7) is 9.27. The van der Waals surface area contributed by atoms with Crippen LogP contribution < -0.4 is 0 Å². The Morgan fingerprint density at radius 2 is 1.69 bits per heavy atom. The molecule has 0 amide bonds. The summed E-state index contributed by atoms with van der Waals surface area (Å²) in [5.74, 6) is 0.612. The lowest BCUT2D eigenvalue weighted by atomic mass is 10.0. The first kappa shape index (κ1) is 22.5. The highest BCUT2D eigenvalue weighted by Crippen LogP contribution is 2.29. The summed E-state index contributed by atoms with van der Waals surface area (Å²) in [4.78, 5) is 8.69. The molecule has 1 aliphatic rings. The summed E-state index contributed by atoms with van der Waals surface area (Å²) in [7, 11) is 0. The molecule has 0 aliphatic carbocycles. The molecular formula is C27H28N8O. The van der Waals surface area contributed by atoms with Crippen molar-refractivity contribution in [3.63, 3.8) is 0 Å². The molecule has 4 heterocycles. The van der Waals surface area contributed by atoms with E-state index in [4.69, 9.17) is 9.84 Å². The first-order chi connectivity index (χ1) is 17.6. The zero-order valence-electron chi connectivity index (χ0n) is 20.5. The Morgan fingerprint density at radius 3 is 2.53 bits per heavy atom. The van der Waals surface area contributed by atoms with Crippen LogP contribution in [0.2, 0.25) is 0 Å². The quantitative estimate of drug-likeness (QED) is 0.367. The number of aromatic nitrogens is 7. The van der Waals surface area contributed by atoms with Crippen molar-refractivity contribution in [2.45, 2.75) is 20.4 Å². The standard InChI is InChI=1S/C27H28N8O/c1-19-14-20(2)16-23(15-19)24-18-29-35-25(6-7-28-27(24)35)21-4-3-5-22(17-21)26-30-32-34(31-26)9-8-33-10-12-36-13-11-33/h3-7,14-18H,8-13H2,1-2H3. The Bertz CT molecular complexity index is 1500. The van der Waals surface area contributed by atoms with Crippen LogP contribution >= 0.6 is 0 Å². The summed E-state index contributed by atoms with van der Waals surface area (Å²) in [5, 5.41) is 17.9. The van der Waals surface area contributed by atoms with Crippen LogP contribution in [-0.2, 0) is 11.3 Å². The number of fused-ring (bicyclic) bond motifs is 1. The molecule has 0 spiro atoms. The van der Waals surface area contributed by atoms with Gasteiger partial charge in [-0.3, -0.25) is 4.90 Å². The zero-order valence-corrected chi connectivity index (χ0v) is 20.5. The van der Waals surface area contributed by atoms with Crippen LogP contribution in [0.5, 0.6) is 0 Å². The summed E-state index contributed by atoms with van der Waals surface area (Å²) in [6, 6.07) is 16.7. The maximum Gasteiger partial charge on any atom is 0.204 e. The number of hydrogen-bond acceptors (Lipinski definition) is 7. The van der Waals surface area contributed by atoms with Gasteiger partial charge in [-0.15, -0.1) is 10.2 Å². The average Bonchev–Trinajstić information content (AvgIpc) is 3.55. The summed E-state index contributed by atoms with van der Waals surface area (Å²) in [6.07, 6.45) is 3.73. The minimum atomic E-state index is 0.612. The van der Waals surface area contributed by atoms with Gasteiger partial charge in [-0.2, -0.15) is 9.90 Å². The number of tetrazole rings is 1. The molecule has 9 nitrogen and oxygen atoms in total. The van der Waals surface area contributed by atoms with Gasteiger partial charge in [-0.25, -0.2) is 9.50 Å². The first-order valence-corrected chi connectivity index (χ1v) is 12.2. The number of rotatable bonds is 6. The molecular weight excluding hydrogens is 452 g/mol. The van der Waals surface area contributed by atoms with Gasteiger partial charge in [-0.05, 0) is 36.8 Å². The first-order valence-electron chi connectivity index (χ1n) is 12.2. The Morgan fingerprint density at radius 1 is 0.889 bits per heavy atom. The van der Waals surface area contributed by atoms with Gasteiger partial charge < -0.3 is 4.74 Å². The lowest BCUT2D eigenvalue weighted by Gasteiger charge is -2.25. The maximum atomic E-state index is 5.42. The molecule has 0 saturated carbocycles. The van der Waals surface area contributed by atoms with E-state index < -0.39 is 0 Å². The van der Waals surface area contributed by atoms with E-state index in [0.29, 0.717) is 12.4 Å². The van der Waals surface area contributed by atoms with Crippen molar-refractivity contribution in [1.29, 1.82) is 0 Å². The lowest BCUT2D eigenvalue weighted by Crippen LogP contribution is -2.38. The summed E-state index contributed by atoms with van der Waals surface area (Å²) < 4.78 is 7.32. The van der Waals surface area contributed by atoms with E-state index in [1.54, 1.807) is 4.80 Å². The van der Waals surface area contributed by atoms with Crippen LogP contribution in [0.25, 0.3) is 39.4 Å². The van der Waals surface area contributed by atoms with Crippen molar-refractivity contribution in [2.24, 2.45) is 0 Å². The van der Waals surface area contributed by atoms with Crippen molar-refractivity contribution < 1.29 is 4.74 Å². The topological polar surface area (TPSA) is 86.3 Å². The molecule has 0 radical (unpaired) electrons. The number of aryl methyl sites for hydroxylation is 2. The van der Waals surface area contributed by atoms with E-state index in [9.17, 15) is 0 Å². The maximum absolute atomic E-state index is 5.42. The van der Waals surface area contributed by atoms with Gasteiger partial charge in [-0.1, -0.05) is 47.5 Å². The summed E-state index contributed by atoms with van der Waals surface area (Å²) in [5.41, 5.74) is 8.30. The van der Waals surface area contributed by atoms with E-state index >= 15 is 0 Å². The molecule has 5 aromatic rings. The van der Waals surface area contributed by atoms with Crippen LogP contribution in [-0.4, -0.2) is 72.6 Å². The van der Waals surface area contributed by atoms with Gasteiger partial charge in [0.2, 0.25) is 5.82 Å². The van der Waals surface area contributed by atoms with Gasteiger partial charge in [0, 0.05) is 42.5 Å². The third kappa shape index (κ3) is 4.50. The van der Waals surface area contributed by atoms with E-state index in [1.165, 1.54) is 11.1 Å². The predicted octanol–water partition coefficient (Wildman–Crippen LogP) is 3.67. The molecule has 3 aromatic heterocycles. The molecule has 0 N–H and O–H groups in total. The normalized spacial score (nSPS) is 14.5. The van der Waals surface area contributed by atoms with E-state index in [0.717, 1.165) is 66.4 Å². The molecule has 0 bridgehead atoms. The van der Waals surface area contributed by atoms with Gasteiger partial charge in [0.15, 0.2) is 5.65 Å². The number of morpholine rings is 1. The smallest absolute Gasteiger partial charge is 0.204 e. The fourth-order valence-electron chi connectivity index (χ4n) is 4.77. The van der Waals surface area contributed by atoms with Crippen LogP contribution in [0, 0.1) is 13.8 Å². The Balaban J connectivity index is 1.28. The second-order valence-electron chi connectivity index (χ2n) is 9.24. The molecule has 36 heavy (non-hydrogen) atoms. The van der Waals surface area contributed by atoms with E-state index in [1.807, 2.05) is 35.1 Å². The highest BCUT2D eigenvalue weighted by Gasteiger charge is 2.15. The van der Waals surface area contributed by atoms with Gasteiger partial charge in [0.25, 0.3) is 0 Å². The highest BCUT2D eigenvalue weighted by atomic mass is 16.5. The van der Waals surface area contributed by atoms with Crippen molar-refractivity contribution in [2.75, 3.05) is 32.8 Å². The monoisotopic (exact) mass is 480 g/mol. The zero-order chi connectivity index (χ0) is 24.5. The molecule has 0 unspecified atom stereocenters. The molecule has 0 atom stereocenters. The second kappa shape index (κ2) is 9.60. The fraction of sp³-hybridized carbons (Fsp3) is 0.296. The van der Waals surface area contributed by atoms with Gasteiger partial charge >= 0.3 is 0 Å². The molecule has 1 saturated heterocycles. The van der Waals surface area contributed by atoms with Gasteiger partial charge in [0.1, 0.15) is 0 Å². The molecule has 1 fully saturated rings. The minimum absolute atomic E-state index is 0.612. The SMILES string of the molecule is Cc1cc(C)cc(-c2cnn3c(-c4cccc(-c5nnn(CCN6CCOCC6)n5)c4)ccnc23)c1. The third-order valence-corrected chi connectivity index (χ3v) is 6.52. The lowest BCUT2D eigenvalue weighted by molar-refractivity contribution is 0.0354. The minimum Gasteiger partial charge on any atom is -0.379 e. The second-order valence-corrected chi connectivity index (χ2v) is 9.24. The number of hydrogen-bond donors (Lipinski definition) is 0. The van der Waals surface area contributed by atoms with Crippen molar-refractivity contribution in [3.05, 3.63) is 72.1 Å². The van der Waals surface area contributed by atoms with Crippen LogP contribution in [0.3, 0.4) is 0 Å². The van der Waals surface area contributed by atoms with Crippen molar-refractivity contribution in [3.8, 4) is 33.8 Å². The van der Waals surface area contributed by atoms with Crippen LogP contribution in [0.4, 0.5) is 0 Å². The fourth-order valence-corrected chi connectivity index (χ4v) is 4.77. The average molecular weight is 481 g/mol. The molecule has 6 rings (SSSR count). The van der Waals surface area contributed by atoms with Crippen molar-refractivity contribution in [1.82, 2.24) is 39.7 Å². The van der Waals surface area contributed by atoms with Crippen molar-refractivity contribution >= 4 is 5.65 Å². The molecule has 2 aromatic carbocycles. The molecule has 9 heteroatoms. The number of nitrogens with zero attached hydrogens (tertiary/aromatic N) is 8. The molecule has 182 valence electrons. The molecule has 1 aliphatic heterocycles. The van der Waals surface area contributed by atoms with Gasteiger partial charge in [0.05, 0.1) is 31.6 Å². The largest absolute Gasteiger partial charge is 0.379 e. The Labute approximate surface area is 209 Å². The summed E-state index contributed by atoms with van der Waals surface area (Å²) >= 11 is 0.